The standard InChI is InChI=1S/C21H30N2O3/c1-16(2)18(17-7-4-3-5-8-17)15-20(24)23-10-6-9-19(23)21(25)22-11-13-26-14-12-22/h3-5,7-8,16,18-19H,6,9-15H2,1-2H3/t18?,19-/m0/s1. The van der Waals surface area contributed by atoms with Crippen molar-refractivity contribution in [1.82, 2.24) is 9.80 Å². The smallest absolute Gasteiger partial charge is 0.245 e. The number of amides is 2. The van der Waals surface area contributed by atoms with Gasteiger partial charge in [-0.1, -0.05) is 44.2 Å². The molecule has 0 bridgehead atoms. The van der Waals surface area contributed by atoms with Gasteiger partial charge in [0.2, 0.25) is 11.8 Å². The molecular weight excluding hydrogens is 328 g/mol. The Labute approximate surface area is 156 Å². The van der Waals surface area contributed by atoms with Crippen LogP contribution < -0.4 is 0 Å². The first-order valence-electron chi connectivity index (χ1n) is 9.79. The normalized spacial score (nSPS) is 21.9. The number of rotatable bonds is 5. The number of benzene rings is 1. The maximum atomic E-state index is 13.1. The zero-order valence-electron chi connectivity index (χ0n) is 15.9. The van der Waals surface area contributed by atoms with Gasteiger partial charge in [0.1, 0.15) is 6.04 Å². The number of hydrogen-bond acceptors (Lipinski definition) is 3. The summed E-state index contributed by atoms with van der Waals surface area (Å²) in [7, 11) is 0. The number of nitrogens with zero attached hydrogens (tertiary/aromatic N) is 2. The van der Waals surface area contributed by atoms with Crippen molar-refractivity contribution in [2.45, 2.75) is 45.1 Å². The third kappa shape index (κ3) is 4.26. The second-order valence-electron chi connectivity index (χ2n) is 7.65. The number of hydrogen-bond donors (Lipinski definition) is 0. The van der Waals surface area contributed by atoms with Gasteiger partial charge in [-0.15, -0.1) is 0 Å². The molecule has 26 heavy (non-hydrogen) atoms. The van der Waals surface area contributed by atoms with Crippen LogP contribution >= 0.6 is 0 Å². The Hall–Kier alpha value is -1.88. The molecule has 2 fully saturated rings. The molecule has 1 unspecified atom stereocenters. The predicted octanol–water partition coefficient (Wildman–Crippen LogP) is 2.67. The van der Waals surface area contributed by atoms with Crippen molar-refractivity contribution in [2.24, 2.45) is 5.92 Å². The fourth-order valence-electron chi connectivity index (χ4n) is 4.06. The maximum Gasteiger partial charge on any atom is 0.245 e. The predicted molar refractivity (Wildman–Crippen MR) is 101 cm³/mol. The van der Waals surface area contributed by atoms with E-state index in [4.69, 9.17) is 4.74 Å². The van der Waals surface area contributed by atoms with Gasteiger partial charge < -0.3 is 14.5 Å². The fraction of sp³-hybridized carbons (Fsp3) is 0.619. The molecule has 5 heteroatoms. The Morgan fingerprint density at radius 1 is 1.12 bits per heavy atom. The number of carbonyl (C=O) groups excluding carboxylic acids is 2. The summed E-state index contributed by atoms with van der Waals surface area (Å²) in [5.41, 5.74) is 1.20. The van der Waals surface area contributed by atoms with Gasteiger partial charge in [-0.2, -0.15) is 0 Å². The van der Waals surface area contributed by atoms with Gasteiger partial charge in [0, 0.05) is 26.1 Å². The van der Waals surface area contributed by atoms with Crippen LogP contribution in [0.1, 0.15) is 44.6 Å². The Morgan fingerprint density at radius 3 is 2.46 bits per heavy atom. The molecule has 2 atom stereocenters. The van der Waals surface area contributed by atoms with Crippen LogP contribution in [0, 0.1) is 5.92 Å². The van der Waals surface area contributed by atoms with Crippen LogP contribution in [0.2, 0.25) is 0 Å². The van der Waals surface area contributed by atoms with Crippen molar-refractivity contribution in [1.29, 1.82) is 0 Å². The van der Waals surface area contributed by atoms with Crippen molar-refractivity contribution in [3.8, 4) is 0 Å². The van der Waals surface area contributed by atoms with Gasteiger partial charge in [-0.3, -0.25) is 9.59 Å². The summed E-state index contributed by atoms with van der Waals surface area (Å²) < 4.78 is 5.34. The molecular formula is C21H30N2O3. The van der Waals surface area contributed by atoms with E-state index in [1.54, 1.807) is 0 Å². The number of likely N-dealkylation sites (tertiary alicyclic amines) is 1. The largest absolute Gasteiger partial charge is 0.378 e. The highest BCUT2D eigenvalue weighted by Gasteiger charge is 2.37. The molecule has 142 valence electrons. The second kappa shape index (κ2) is 8.67. The summed E-state index contributed by atoms with van der Waals surface area (Å²) in [5.74, 6) is 0.761. The molecule has 2 amide bonds. The van der Waals surface area contributed by atoms with E-state index in [1.165, 1.54) is 5.56 Å². The zero-order chi connectivity index (χ0) is 18.5. The molecule has 0 N–H and O–H groups in total. The number of morpholine rings is 1. The molecule has 2 saturated heterocycles. The summed E-state index contributed by atoms with van der Waals surface area (Å²) in [6.07, 6.45) is 2.15. The molecule has 2 aliphatic heterocycles. The minimum atomic E-state index is -0.288. The maximum absolute atomic E-state index is 13.1. The minimum Gasteiger partial charge on any atom is -0.378 e. The van der Waals surface area contributed by atoms with Crippen LogP contribution in [-0.2, 0) is 14.3 Å². The summed E-state index contributed by atoms with van der Waals surface area (Å²) in [6, 6.07) is 9.95. The summed E-state index contributed by atoms with van der Waals surface area (Å²) in [6.45, 7) is 7.47. The van der Waals surface area contributed by atoms with Crippen molar-refractivity contribution >= 4 is 11.8 Å². The van der Waals surface area contributed by atoms with E-state index < -0.39 is 0 Å². The Morgan fingerprint density at radius 2 is 1.81 bits per heavy atom. The Bertz CT molecular complexity index is 611. The van der Waals surface area contributed by atoms with E-state index in [1.807, 2.05) is 28.0 Å². The van der Waals surface area contributed by atoms with Gasteiger partial charge in [-0.05, 0) is 30.2 Å². The van der Waals surface area contributed by atoms with Crippen molar-refractivity contribution < 1.29 is 14.3 Å². The lowest BCUT2D eigenvalue weighted by molar-refractivity contribution is -0.146. The van der Waals surface area contributed by atoms with E-state index in [0.29, 0.717) is 45.2 Å². The van der Waals surface area contributed by atoms with Gasteiger partial charge >= 0.3 is 0 Å². The van der Waals surface area contributed by atoms with Crippen LogP contribution in [0.25, 0.3) is 0 Å². The molecule has 0 spiro atoms. The van der Waals surface area contributed by atoms with E-state index >= 15 is 0 Å². The molecule has 0 radical (unpaired) electrons. The molecule has 3 rings (SSSR count). The van der Waals surface area contributed by atoms with Crippen molar-refractivity contribution in [2.75, 3.05) is 32.8 Å². The lowest BCUT2D eigenvalue weighted by Gasteiger charge is -2.33. The van der Waals surface area contributed by atoms with Gasteiger partial charge in [0.25, 0.3) is 0 Å². The quantitative estimate of drug-likeness (QED) is 0.813. The highest BCUT2D eigenvalue weighted by Crippen LogP contribution is 2.30. The van der Waals surface area contributed by atoms with Gasteiger partial charge in [0.05, 0.1) is 13.2 Å². The third-order valence-electron chi connectivity index (χ3n) is 5.61. The van der Waals surface area contributed by atoms with Crippen LogP contribution in [0.15, 0.2) is 30.3 Å². The highest BCUT2D eigenvalue weighted by molar-refractivity contribution is 5.88. The van der Waals surface area contributed by atoms with Crippen LogP contribution in [0.3, 0.4) is 0 Å². The lowest BCUT2D eigenvalue weighted by atomic mass is 9.85. The fourth-order valence-corrected chi connectivity index (χ4v) is 4.06. The minimum absolute atomic E-state index is 0.0972. The first kappa shape index (κ1) is 18.9. The van der Waals surface area contributed by atoms with E-state index in [0.717, 1.165) is 12.8 Å². The van der Waals surface area contributed by atoms with E-state index in [2.05, 4.69) is 26.0 Å². The average Bonchev–Trinajstić information content (AvgIpc) is 3.16. The second-order valence-corrected chi connectivity index (χ2v) is 7.65. The SMILES string of the molecule is CC(C)C(CC(=O)N1CCC[C@H]1C(=O)N1CCOCC1)c1ccccc1. The molecule has 0 aliphatic carbocycles. The first-order valence-corrected chi connectivity index (χ1v) is 9.79. The van der Waals surface area contributed by atoms with Crippen LogP contribution in [0.4, 0.5) is 0 Å². The topological polar surface area (TPSA) is 49.9 Å². The van der Waals surface area contributed by atoms with E-state index in [-0.39, 0.29) is 23.8 Å². The molecule has 1 aromatic rings. The van der Waals surface area contributed by atoms with E-state index in [9.17, 15) is 9.59 Å². The van der Waals surface area contributed by atoms with Crippen molar-refractivity contribution in [3.05, 3.63) is 35.9 Å². The zero-order valence-corrected chi connectivity index (χ0v) is 15.9. The van der Waals surface area contributed by atoms with Crippen molar-refractivity contribution in [3.63, 3.8) is 0 Å². The van der Waals surface area contributed by atoms with Crippen LogP contribution in [-0.4, -0.2) is 60.5 Å². The number of ether oxygens (including phenoxy) is 1. The summed E-state index contributed by atoms with van der Waals surface area (Å²) >= 11 is 0. The molecule has 0 aromatic heterocycles. The average molecular weight is 358 g/mol. The first-order chi connectivity index (χ1) is 12.6. The number of carbonyl (C=O) groups is 2. The monoisotopic (exact) mass is 358 g/mol. The molecule has 2 aliphatic rings. The molecule has 2 heterocycles. The molecule has 5 nitrogen and oxygen atoms in total. The van der Waals surface area contributed by atoms with Gasteiger partial charge in [0.15, 0.2) is 0 Å². The molecule has 1 aromatic carbocycles. The van der Waals surface area contributed by atoms with Crippen LogP contribution in [0.5, 0.6) is 0 Å². The third-order valence-corrected chi connectivity index (χ3v) is 5.61. The molecule has 0 saturated carbocycles. The van der Waals surface area contributed by atoms with Gasteiger partial charge in [-0.25, -0.2) is 0 Å². The summed E-state index contributed by atoms with van der Waals surface area (Å²) in [4.78, 5) is 29.6. The Kier molecular flexibility index (Phi) is 6.30. The summed E-state index contributed by atoms with van der Waals surface area (Å²) in [5, 5.41) is 0. The highest BCUT2D eigenvalue weighted by atomic mass is 16.5. The Balaban J connectivity index is 1.68. The lowest BCUT2D eigenvalue weighted by Crippen LogP contribution is -2.51.